The molecular formula is C17H20N4O3. The monoisotopic (exact) mass is 328 g/mol. The fourth-order valence-electron chi connectivity index (χ4n) is 2.67. The van der Waals surface area contributed by atoms with Gasteiger partial charge in [0.1, 0.15) is 0 Å². The molecule has 24 heavy (non-hydrogen) atoms. The number of likely N-dealkylation sites (tertiary alicyclic amines) is 1. The second kappa shape index (κ2) is 7.35. The van der Waals surface area contributed by atoms with Crippen LogP contribution >= 0.6 is 0 Å². The van der Waals surface area contributed by atoms with Crippen molar-refractivity contribution in [1.29, 1.82) is 0 Å². The Bertz CT molecular complexity index is 699. The molecular weight excluding hydrogens is 308 g/mol. The number of nitrogens with zero attached hydrogens (tertiary/aromatic N) is 4. The standard InChI is InChI=1S/C17H20N4O3/c1-21-10-12(11-21)5-6-24-16-4-3-13(7-19-16)14-8-18-9-15(20-14)17(22)23-2/h3-4,7-9,12H,5-6,10-11H2,1-2H3. The fraction of sp³-hybridized carbons (Fsp3) is 0.412. The Morgan fingerprint density at radius 1 is 1.29 bits per heavy atom. The van der Waals surface area contributed by atoms with E-state index in [1.165, 1.54) is 13.3 Å². The van der Waals surface area contributed by atoms with Gasteiger partial charge in [-0.3, -0.25) is 4.98 Å². The first-order valence-electron chi connectivity index (χ1n) is 7.84. The zero-order valence-corrected chi connectivity index (χ0v) is 13.8. The molecule has 7 nitrogen and oxygen atoms in total. The summed E-state index contributed by atoms with van der Waals surface area (Å²) in [6.45, 7) is 2.96. The summed E-state index contributed by atoms with van der Waals surface area (Å²) in [6, 6.07) is 3.65. The minimum absolute atomic E-state index is 0.167. The normalized spacial score (nSPS) is 14.9. The molecule has 0 spiro atoms. The number of carbonyl (C=O) groups is 1. The highest BCUT2D eigenvalue weighted by Crippen LogP contribution is 2.20. The lowest BCUT2D eigenvalue weighted by Gasteiger charge is -2.36. The fourth-order valence-corrected chi connectivity index (χ4v) is 2.67. The van der Waals surface area contributed by atoms with Gasteiger partial charge in [-0.05, 0) is 25.5 Å². The molecule has 0 unspecified atom stereocenters. The average molecular weight is 328 g/mol. The van der Waals surface area contributed by atoms with E-state index in [2.05, 4.69) is 31.6 Å². The summed E-state index contributed by atoms with van der Waals surface area (Å²) in [7, 11) is 3.43. The molecule has 0 N–H and O–H groups in total. The van der Waals surface area contributed by atoms with E-state index in [1.54, 1.807) is 18.5 Å². The molecule has 1 aliphatic rings. The van der Waals surface area contributed by atoms with Gasteiger partial charge in [-0.2, -0.15) is 0 Å². The number of aromatic nitrogens is 3. The van der Waals surface area contributed by atoms with Crippen LogP contribution in [0.15, 0.2) is 30.7 Å². The van der Waals surface area contributed by atoms with E-state index in [0.29, 0.717) is 18.2 Å². The van der Waals surface area contributed by atoms with Gasteiger partial charge in [-0.25, -0.2) is 14.8 Å². The molecule has 3 heterocycles. The predicted molar refractivity (Wildman–Crippen MR) is 87.7 cm³/mol. The number of esters is 1. The van der Waals surface area contributed by atoms with Crippen LogP contribution < -0.4 is 4.74 Å². The van der Waals surface area contributed by atoms with Gasteiger partial charge >= 0.3 is 5.97 Å². The highest BCUT2D eigenvalue weighted by molar-refractivity contribution is 5.87. The van der Waals surface area contributed by atoms with E-state index in [9.17, 15) is 4.79 Å². The molecule has 0 aliphatic carbocycles. The van der Waals surface area contributed by atoms with Crippen molar-refractivity contribution in [2.75, 3.05) is 33.9 Å². The molecule has 2 aromatic heterocycles. The van der Waals surface area contributed by atoms with Crippen LogP contribution in [0.5, 0.6) is 5.88 Å². The molecule has 0 radical (unpaired) electrons. The lowest BCUT2D eigenvalue weighted by Crippen LogP contribution is -2.44. The number of ether oxygens (including phenoxy) is 2. The SMILES string of the molecule is COC(=O)c1cncc(-c2ccc(OCCC3CN(C)C3)nc2)n1. The minimum atomic E-state index is -0.515. The van der Waals surface area contributed by atoms with Crippen molar-refractivity contribution in [3.63, 3.8) is 0 Å². The third-order valence-electron chi connectivity index (χ3n) is 3.98. The molecule has 7 heteroatoms. The number of methoxy groups -OCH3 is 1. The summed E-state index contributed by atoms with van der Waals surface area (Å²) in [5, 5.41) is 0. The lowest BCUT2D eigenvalue weighted by atomic mass is 9.98. The highest BCUT2D eigenvalue weighted by Gasteiger charge is 2.22. The number of pyridine rings is 1. The molecule has 1 fully saturated rings. The zero-order chi connectivity index (χ0) is 16.9. The maximum absolute atomic E-state index is 11.5. The highest BCUT2D eigenvalue weighted by atomic mass is 16.5. The molecule has 1 saturated heterocycles. The predicted octanol–water partition coefficient (Wildman–Crippen LogP) is 1.66. The molecule has 0 aromatic carbocycles. The second-order valence-electron chi connectivity index (χ2n) is 5.89. The van der Waals surface area contributed by atoms with Gasteiger partial charge in [0.15, 0.2) is 5.69 Å². The van der Waals surface area contributed by atoms with Crippen LogP contribution in [0.2, 0.25) is 0 Å². The largest absolute Gasteiger partial charge is 0.478 e. The third-order valence-corrected chi connectivity index (χ3v) is 3.98. The van der Waals surface area contributed by atoms with Crippen molar-refractivity contribution in [2.24, 2.45) is 5.92 Å². The van der Waals surface area contributed by atoms with E-state index < -0.39 is 5.97 Å². The third kappa shape index (κ3) is 3.86. The van der Waals surface area contributed by atoms with Crippen molar-refractivity contribution in [2.45, 2.75) is 6.42 Å². The second-order valence-corrected chi connectivity index (χ2v) is 5.89. The number of hydrogen-bond acceptors (Lipinski definition) is 7. The lowest BCUT2D eigenvalue weighted by molar-refractivity contribution is 0.0593. The molecule has 2 aromatic rings. The van der Waals surface area contributed by atoms with E-state index in [-0.39, 0.29) is 5.69 Å². The maximum Gasteiger partial charge on any atom is 0.358 e. The zero-order valence-electron chi connectivity index (χ0n) is 13.8. The number of rotatable bonds is 6. The van der Waals surface area contributed by atoms with Crippen molar-refractivity contribution in [1.82, 2.24) is 19.9 Å². The molecule has 0 saturated carbocycles. The van der Waals surface area contributed by atoms with Crippen LogP contribution in [-0.2, 0) is 4.74 Å². The van der Waals surface area contributed by atoms with Gasteiger partial charge in [-0.15, -0.1) is 0 Å². The van der Waals surface area contributed by atoms with Gasteiger partial charge in [0, 0.05) is 30.9 Å². The Morgan fingerprint density at radius 2 is 2.12 bits per heavy atom. The summed E-state index contributed by atoms with van der Waals surface area (Å²) >= 11 is 0. The van der Waals surface area contributed by atoms with Gasteiger partial charge in [0.2, 0.25) is 5.88 Å². The van der Waals surface area contributed by atoms with E-state index in [4.69, 9.17) is 4.74 Å². The molecule has 0 bridgehead atoms. The van der Waals surface area contributed by atoms with Gasteiger partial charge in [0.25, 0.3) is 0 Å². The Balaban J connectivity index is 1.59. The molecule has 0 amide bonds. The Kier molecular flexibility index (Phi) is 5.00. The summed E-state index contributed by atoms with van der Waals surface area (Å²) in [6.07, 6.45) is 5.66. The smallest absolute Gasteiger partial charge is 0.358 e. The van der Waals surface area contributed by atoms with Gasteiger partial charge in [-0.1, -0.05) is 0 Å². The topological polar surface area (TPSA) is 77.4 Å². The van der Waals surface area contributed by atoms with Crippen LogP contribution in [-0.4, -0.2) is 59.7 Å². The van der Waals surface area contributed by atoms with Gasteiger partial charge < -0.3 is 14.4 Å². The summed E-state index contributed by atoms with van der Waals surface area (Å²) in [5.41, 5.74) is 1.50. The molecule has 3 rings (SSSR count). The first kappa shape index (κ1) is 16.3. The minimum Gasteiger partial charge on any atom is -0.478 e. The van der Waals surface area contributed by atoms with Crippen LogP contribution in [0.3, 0.4) is 0 Å². The Morgan fingerprint density at radius 3 is 2.79 bits per heavy atom. The van der Waals surface area contributed by atoms with Crippen molar-refractivity contribution >= 4 is 5.97 Å². The summed E-state index contributed by atoms with van der Waals surface area (Å²) < 4.78 is 10.3. The first-order valence-corrected chi connectivity index (χ1v) is 7.84. The quantitative estimate of drug-likeness (QED) is 0.746. The van der Waals surface area contributed by atoms with Crippen molar-refractivity contribution < 1.29 is 14.3 Å². The van der Waals surface area contributed by atoms with E-state index in [0.717, 1.165) is 31.0 Å². The van der Waals surface area contributed by atoms with Gasteiger partial charge in [0.05, 0.1) is 31.8 Å². The Hall–Kier alpha value is -2.54. The molecule has 1 aliphatic heterocycles. The van der Waals surface area contributed by atoms with Crippen LogP contribution in [0.4, 0.5) is 0 Å². The van der Waals surface area contributed by atoms with Crippen molar-refractivity contribution in [3.05, 3.63) is 36.4 Å². The molecule has 126 valence electrons. The van der Waals surface area contributed by atoms with E-state index in [1.807, 2.05) is 6.07 Å². The van der Waals surface area contributed by atoms with Crippen LogP contribution in [0.25, 0.3) is 11.3 Å². The number of hydrogen-bond donors (Lipinski definition) is 0. The van der Waals surface area contributed by atoms with Crippen LogP contribution in [0, 0.1) is 5.92 Å². The average Bonchev–Trinajstić information content (AvgIpc) is 2.60. The maximum atomic E-state index is 11.5. The molecule has 0 atom stereocenters. The first-order chi connectivity index (χ1) is 11.7. The van der Waals surface area contributed by atoms with Crippen LogP contribution in [0.1, 0.15) is 16.9 Å². The van der Waals surface area contributed by atoms with Crippen molar-refractivity contribution in [3.8, 4) is 17.1 Å². The Labute approximate surface area is 140 Å². The number of carbonyl (C=O) groups excluding carboxylic acids is 1. The van der Waals surface area contributed by atoms with E-state index >= 15 is 0 Å². The summed E-state index contributed by atoms with van der Waals surface area (Å²) in [4.78, 5) is 26.3. The summed E-state index contributed by atoms with van der Waals surface area (Å²) in [5.74, 6) is 0.799.